The van der Waals surface area contributed by atoms with Crippen molar-refractivity contribution in [1.82, 2.24) is 10.3 Å². The Labute approximate surface area is 108 Å². The molecule has 2 aliphatic rings. The fourth-order valence-electron chi connectivity index (χ4n) is 3.79. The lowest BCUT2D eigenvalue weighted by molar-refractivity contribution is 0.328. The summed E-state index contributed by atoms with van der Waals surface area (Å²) in [5.74, 6) is 1.98. The molecule has 2 nitrogen and oxygen atoms in total. The predicted octanol–water partition coefficient (Wildman–Crippen LogP) is 3.60. The number of aromatic nitrogens is 1. The molecule has 3 rings (SSSR count). The summed E-state index contributed by atoms with van der Waals surface area (Å²) in [4.78, 5) is 5.97. The number of nitrogens with zero attached hydrogens (tertiary/aromatic N) is 1. The van der Waals surface area contributed by atoms with Crippen LogP contribution in [-0.2, 0) is 0 Å². The molecule has 2 fully saturated rings. The van der Waals surface area contributed by atoms with Crippen LogP contribution in [0.3, 0.4) is 0 Å². The summed E-state index contributed by atoms with van der Waals surface area (Å²) in [6.45, 7) is 6.54. The molecular formula is C14H22N2S. The van der Waals surface area contributed by atoms with E-state index in [0.29, 0.717) is 6.04 Å². The fraction of sp³-hybridized carbons (Fsp3) is 0.786. The molecule has 4 atom stereocenters. The molecule has 94 valence electrons. The van der Waals surface area contributed by atoms with Gasteiger partial charge in [0.05, 0.1) is 10.7 Å². The van der Waals surface area contributed by atoms with Crippen LogP contribution < -0.4 is 5.32 Å². The summed E-state index contributed by atoms with van der Waals surface area (Å²) in [5, 5.41) is 5.04. The van der Waals surface area contributed by atoms with E-state index in [9.17, 15) is 0 Å². The monoisotopic (exact) mass is 250 g/mol. The highest BCUT2D eigenvalue weighted by Gasteiger charge is 2.39. The second kappa shape index (κ2) is 4.36. The smallest absolute Gasteiger partial charge is 0.0900 e. The Morgan fingerprint density at radius 3 is 2.65 bits per heavy atom. The standard InChI is InChI=1S/C14H22N2S/c1-8-14(17-10(3)15-8)9(2)16-13-7-11-4-5-12(13)6-11/h9,11-13,16H,4-7H2,1-3H3. The molecule has 0 radical (unpaired) electrons. The maximum atomic E-state index is 4.53. The molecule has 1 aromatic heterocycles. The number of hydrogen-bond donors (Lipinski definition) is 1. The zero-order valence-corrected chi connectivity index (χ0v) is 11.8. The summed E-state index contributed by atoms with van der Waals surface area (Å²) in [7, 11) is 0. The van der Waals surface area contributed by atoms with Crippen LogP contribution in [0, 0.1) is 25.7 Å². The van der Waals surface area contributed by atoms with Gasteiger partial charge in [-0.3, -0.25) is 0 Å². The summed E-state index contributed by atoms with van der Waals surface area (Å²) in [5.41, 5.74) is 1.22. The van der Waals surface area contributed by atoms with E-state index in [1.807, 2.05) is 11.3 Å². The highest BCUT2D eigenvalue weighted by atomic mass is 32.1. The average molecular weight is 250 g/mol. The minimum atomic E-state index is 0.477. The van der Waals surface area contributed by atoms with Crippen molar-refractivity contribution >= 4 is 11.3 Å². The van der Waals surface area contributed by atoms with Gasteiger partial charge in [0.1, 0.15) is 0 Å². The van der Waals surface area contributed by atoms with E-state index in [0.717, 1.165) is 17.9 Å². The molecule has 2 aliphatic carbocycles. The molecule has 1 N–H and O–H groups in total. The van der Waals surface area contributed by atoms with E-state index < -0.39 is 0 Å². The lowest BCUT2D eigenvalue weighted by Crippen LogP contribution is -2.35. The van der Waals surface area contributed by atoms with E-state index in [1.54, 1.807) is 0 Å². The molecule has 0 saturated heterocycles. The van der Waals surface area contributed by atoms with Gasteiger partial charge in [0.15, 0.2) is 0 Å². The second-order valence-electron chi connectivity index (χ2n) is 5.85. The van der Waals surface area contributed by atoms with Gasteiger partial charge in [-0.05, 0) is 51.9 Å². The van der Waals surface area contributed by atoms with Gasteiger partial charge in [0.2, 0.25) is 0 Å². The molecule has 3 heteroatoms. The van der Waals surface area contributed by atoms with Crippen molar-refractivity contribution in [2.45, 2.75) is 58.5 Å². The van der Waals surface area contributed by atoms with Crippen molar-refractivity contribution in [3.63, 3.8) is 0 Å². The van der Waals surface area contributed by atoms with Crippen molar-refractivity contribution in [1.29, 1.82) is 0 Å². The molecular weight excluding hydrogens is 228 g/mol. The minimum Gasteiger partial charge on any atom is -0.306 e. The Balaban J connectivity index is 1.67. The van der Waals surface area contributed by atoms with Gasteiger partial charge in [-0.15, -0.1) is 11.3 Å². The first kappa shape index (κ1) is 11.7. The van der Waals surface area contributed by atoms with Gasteiger partial charge in [-0.25, -0.2) is 4.98 Å². The SMILES string of the molecule is Cc1nc(C)c(C(C)NC2CC3CCC2C3)s1. The Morgan fingerprint density at radius 1 is 1.29 bits per heavy atom. The zero-order chi connectivity index (χ0) is 12.0. The number of nitrogens with one attached hydrogen (secondary N) is 1. The van der Waals surface area contributed by atoms with Crippen molar-refractivity contribution < 1.29 is 0 Å². The summed E-state index contributed by atoms with van der Waals surface area (Å²) >= 11 is 1.85. The maximum absolute atomic E-state index is 4.53. The third-order valence-corrected chi connectivity index (χ3v) is 5.79. The first-order chi connectivity index (χ1) is 8.13. The van der Waals surface area contributed by atoms with Gasteiger partial charge in [0, 0.05) is 17.0 Å². The van der Waals surface area contributed by atoms with E-state index in [4.69, 9.17) is 0 Å². The van der Waals surface area contributed by atoms with Gasteiger partial charge in [0.25, 0.3) is 0 Å². The molecule has 2 bridgehead atoms. The normalized spacial score (nSPS) is 33.2. The third-order valence-electron chi connectivity index (χ3n) is 4.53. The number of fused-ring (bicyclic) bond motifs is 2. The van der Waals surface area contributed by atoms with Crippen molar-refractivity contribution in [2.75, 3.05) is 0 Å². The fourth-order valence-corrected chi connectivity index (χ4v) is 4.73. The maximum Gasteiger partial charge on any atom is 0.0900 e. The summed E-state index contributed by atoms with van der Waals surface area (Å²) in [6, 6.07) is 1.25. The molecule has 0 aromatic carbocycles. The van der Waals surface area contributed by atoms with Gasteiger partial charge in [-0.2, -0.15) is 0 Å². The molecule has 1 heterocycles. The molecule has 1 aromatic rings. The van der Waals surface area contributed by atoms with Crippen LogP contribution in [0.2, 0.25) is 0 Å². The van der Waals surface area contributed by atoms with Crippen molar-refractivity contribution in [2.24, 2.45) is 11.8 Å². The first-order valence-corrected chi connectivity index (χ1v) is 7.65. The minimum absolute atomic E-state index is 0.477. The Hall–Kier alpha value is -0.410. The van der Waals surface area contributed by atoms with Crippen LogP contribution in [0.5, 0.6) is 0 Å². The van der Waals surface area contributed by atoms with Crippen LogP contribution in [0.4, 0.5) is 0 Å². The molecule has 2 saturated carbocycles. The lowest BCUT2D eigenvalue weighted by atomic mass is 9.94. The van der Waals surface area contributed by atoms with Crippen LogP contribution in [0.1, 0.15) is 54.2 Å². The van der Waals surface area contributed by atoms with Crippen LogP contribution in [0.15, 0.2) is 0 Å². The summed E-state index contributed by atoms with van der Waals surface area (Å²) < 4.78 is 0. The topological polar surface area (TPSA) is 24.9 Å². The average Bonchev–Trinajstić information content (AvgIpc) is 2.93. The van der Waals surface area contributed by atoms with E-state index >= 15 is 0 Å². The highest BCUT2D eigenvalue weighted by Crippen LogP contribution is 2.45. The third kappa shape index (κ3) is 2.15. The largest absolute Gasteiger partial charge is 0.306 e. The van der Waals surface area contributed by atoms with Gasteiger partial charge < -0.3 is 5.32 Å². The van der Waals surface area contributed by atoms with Gasteiger partial charge in [-0.1, -0.05) is 6.42 Å². The Morgan fingerprint density at radius 2 is 2.12 bits per heavy atom. The van der Waals surface area contributed by atoms with E-state index in [1.165, 1.54) is 41.3 Å². The van der Waals surface area contributed by atoms with Crippen LogP contribution in [-0.4, -0.2) is 11.0 Å². The van der Waals surface area contributed by atoms with Crippen molar-refractivity contribution in [3.05, 3.63) is 15.6 Å². The Kier molecular flexibility index (Phi) is 2.99. The summed E-state index contributed by atoms with van der Waals surface area (Å²) in [6.07, 6.45) is 5.82. The van der Waals surface area contributed by atoms with Gasteiger partial charge >= 0.3 is 0 Å². The number of hydrogen-bond acceptors (Lipinski definition) is 3. The molecule has 4 unspecified atom stereocenters. The quantitative estimate of drug-likeness (QED) is 0.886. The molecule has 0 aliphatic heterocycles. The number of rotatable bonds is 3. The van der Waals surface area contributed by atoms with E-state index in [-0.39, 0.29) is 0 Å². The van der Waals surface area contributed by atoms with Crippen LogP contribution >= 0.6 is 11.3 Å². The Bertz CT molecular complexity index is 412. The van der Waals surface area contributed by atoms with E-state index in [2.05, 4.69) is 31.1 Å². The molecule has 0 spiro atoms. The van der Waals surface area contributed by atoms with Crippen molar-refractivity contribution in [3.8, 4) is 0 Å². The number of aryl methyl sites for hydroxylation is 2. The zero-order valence-electron chi connectivity index (χ0n) is 11.0. The second-order valence-corrected chi connectivity index (χ2v) is 7.09. The first-order valence-electron chi connectivity index (χ1n) is 6.83. The predicted molar refractivity (Wildman–Crippen MR) is 72.4 cm³/mol. The lowest BCUT2D eigenvalue weighted by Gasteiger charge is -2.26. The number of thiazole rings is 1. The van der Waals surface area contributed by atoms with Crippen LogP contribution in [0.25, 0.3) is 0 Å². The molecule has 17 heavy (non-hydrogen) atoms. The molecule has 0 amide bonds. The highest BCUT2D eigenvalue weighted by molar-refractivity contribution is 7.11.